The molecule has 1 heterocycles. The van der Waals surface area contributed by atoms with Gasteiger partial charge in [-0.05, 0) is 12.7 Å². The maximum atomic E-state index is 11.5. The van der Waals surface area contributed by atoms with E-state index in [0.717, 1.165) is 11.5 Å². The molecule has 0 aliphatic heterocycles. The van der Waals surface area contributed by atoms with Crippen LogP contribution in [0, 0.1) is 0 Å². The Morgan fingerprint density at radius 2 is 2.27 bits per heavy atom. The van der Waals surface area contributed by atoms with Crippen LogP contribution in [-0.4, -0.2) is 21.1 Å². The largest absolute Gasteiger partial charge is 0.329 e. The van der Waals surface area contributed by atoms with Gasteiger partial charge in [-0.25, -0.2) is 4.79 Å². The Hall–Kier alpha value is -0.680. The quantitative estimate of drug-likeness (QED) is 0.822. The van der Waals surface area contributed by atoms with Gasteiger partial charge in [0.15, 0.2) is 0 Å². The van der Waals surface area contributed by atoms with Crippen LogP contribution in [0.3, 0.4) is 0 Å². The second-order valence-corrected chi connectivity index (χ2v) is 4.87. The fourth-order valence-electron chi connectivity index (χ4n) is 1.26. The Bertz CT molecular complexity index is 409. The molecule has 0 spiro atoms. The van der Waals surface area contributed by atoms with E-state index in [1.807, 2.05) is 13.8 Å². The van der Waals surface area contributed by atoms with E-state index in [1.165, 1.54) is 10.6 Å². The number of nitrogens with one attached hydrogen (secondary N) is 1. The molecule has 0 radical (unpaired) electrons. The molecule has 1 rings (SSSR count). The van der Waals surface area contributed by atoms with E-state index in [0.29, 0.717) is 0 Å². The number of H-pyrrole nitrogens is 1. The number of rotatable bonds is 4. The molecule has 0 saturated heterocycles. The van der Waals surface area contributed by atoms with Crippen molar-refractivity contribution in [3.8, 4) is 0 Å². The third-order valence-corrected chi connectivity index (χ3v) is 3.27. The molecule has 1 aromatic rings. The molecule has 0 aliphatic rings. The van der Waals surface area contributed by atoms with Crippen molar-refractivity contribution in [1.29, 1.82) is 0 Å². The highest BCUT2D eigenvalue weighted by molar-refractivity contribution is 7.99. The van der Waals surface area contributed by atoms with Crippen molar-refractivity contribution in [2.24, 2.45) is 0 Å². The summed E-state index contributed by atoms with van der Waals surface area (Å²) in [6.45, 7) is 3.87. The van der Waals surface area contributed by atoms with Crippen LogP contribution in [0.4, 0.5) is 0 Å². The van der Waals surface area contributed by atoms with Gasteiger partial charge in [-0.15, -0.1) is 0 Å². The Kier molecular flexibility index (Phi) is 4.47. The van der Waals surface area contributed by atoms with E-state index >= 15 is 0 Å². The Labute approximate surface area is 96.7 Å². The van der Waals surface area contributed by atoms with Gasteiger partial charge in [0.1, 0.15) is 5.15 Å². The summed E-state index contributed by atoms with van der Waals surface area (Å²) in [4.78, 5) is 25.4. The summed E-state index contributed by atoms with van der Waals surface area (Å²) in [7, 11) is 0. The van der Waals surface area contributed by atoms with Crippen LogP contribution in [0.5, 0.6) is 0 Å². The topological polar surface area (TPSA) is 54.9 Å². The number of nitrogens with zero attached hydrogens (tertiary/aromatic N) is 1. The van der Waals surface area contributed by atoms with Crippen LogP contribution in [0.15, 0.2) is 15.7 Å². The number of halogens is 1. The molecular weight excluding hydrogens is 236 g/mol. The second-order valence-electron chi connectivity index (χ2n) is 3.14. The molecule has 0 saturated carbocycles. The average Bonchev–Trinajstić information content (AvgIpc) is 2.12. The van der Waals surface area contributed by atoms with Crippen LogP contribution in [-0.2, 0) is 0 Å². The molecule has 0 fully saturated rings. The number of aromatic amines is 1. The van der Waals surface area contributed by atoms with Crippen LogP contribution in [0.25, 0.3) is 0 Å². The van der Waals surface area contributed by atoms with Crippen molar-refractivity contribution in [1.82, 2.24) is 9.55 Å². The summed E-state index contributed by atoms with van der Waals surface area (Å²) in [5.41, 5.74) is -0.801. The molecule has 15 heavy (non-hydrogen) atoms. The zero-order valence-corrected chi connectivity index (χ0v) is 10.2. The highest BCUT2D eigenvalue weighted by Gasteiger charge is 2.10. The number of thioether (sulfide) groups is 1. The first kappa shape index (κ1) is 12.4. The fraction of sp³-hybridized carbons (Fsp3) is 0.556. The minimum Gasteiger partial charge on any atom is -0.298 e. The first-order chi connectivity index (χ1) is 7.06. The lowest BCUT2D eigenvalue weighted by molar-refractivity contribution is 0.553. The first-order valence-corrected chi connectivity index (χ1v) is 6.18. The van der Waals surface area contributed by atoms with Gasteiger partial charge in [0, 0.05) is 17.9 Å². The molecule has 0 bridgehead atoms. The summed E-state index contributed by atoms with van der Waals surface area (Å²) >= 11 is 7.24. The zero-order valence-electron chi connectivity index (χ0n) is 8.62. The first-order valence-electron chi connectivity index (χ1n) is 4.65. The number of hydrogen-bond acceptors (Lipinski definition) is 3. The smallest absolute Gasteiger partial charge is 0.298 e. The molecule has 1 N–H and O–H groups in total. The third-order valence-electron chi connectivity index (χ3n) is 1.94. The van der Waals surface area contributed by atoms with E-state index in [-0.39, 0.29) is 16.8 Å². The molecule has 4 nitrogen and oxygen atoms in total. The van der Waals surface area contributed by atoms with E-state index in [9.17, 15) is 9.59 Å². The number of hydrogen-bond donors (Lipinski definition) is 1. The lowest BCUT2D eigenvalue weighted by Gasteiger charge is -2.12. The molecule has 0 amide bonds. The normalized spacial score (nSPS) is 12.7. The maximum absolute atomic E-state index is 11.5. The summed E-state index contributed by atoms with van der Waals surface area (Å²) < 4.78 is 1.19. The van der Waals surface area contributed by atoms with Gasteiger partial charge >= 0.3 is 5.69 Å². The van der Waals surface area contributed by atoms with Crippen molar-refractivity contribution < 1.29 is 0 Å². The van der Waals surface area contributed by atoms with Crippen molar-refractivity contribution in [3.05, 3.63) is 32.1 Å². The van der Waals surface area contributed by atoms with Crippen molar-refractivity contribution in [3.63, 3.8) is 0 Å². The lowest BCUT2D eigenvalue weighted by atomic mass is 10.4. The van der Waals surface area contributed by atoms with Gasteiger partial charge < -0.3 is 0 Å². The minimum absolute atomic E-state index is 0.0802. The van der Waals surface area contributed by atoms with Crippen LogP contribution >= 0.6 is 23.4 Å². The van der Waals surface area contributed by atoms with Gasteiger partial charge in [-0.2, -0.15) is 11.8 Å². The average molecular weight is 249 g/mol. The highest BCUT2D eigenvalue weighted by Crippen LogP contribution is 2.09. The second kappa shape index (κ2) is 5.42. The maximum Gasteiger partial charge on any atom is 0.329 e. The molecule has 6 heteroatoms. The van der Waals surface area contributed by atoms with E-state index < -0.39 is 5.69 Å². The SMILES string of the molecule is CCSCC(C)n1c(=O)cc(Cl)[nH]c1=O. The number of aromatic nitrogens is 2. The van der Waals surface area contributed by atoms with Gasteiger partial charge in [-0.3, -0.25) is 14.3 Å². The molecule has 84 valence electrons. The lowest BCUT2D eigenvalue weighted by Crippen LogP contribution is -2.37. The molecule has 1 unspecified atom stereocenters. The molecule has 1 aromatic heterocycles. The molecular formula is C9H13ClN2O2S. The van der Waals surface area contributed by atoms with E-state index in [1.54, 1.807) is 11.8 Å². The third kappa shape index (κ3) is 3.14. The molecule has 0 aromatic carbocycles. The molecule has 1 atom stereocenters. The van der Waals surface area contributed by atoms with Crippen LogP contribution in [0.1, 0.15) is 19.9 Å². The molecule has 0 aliphatic carbocycles. The highest BCUT2D eigenvalue weighted by atomic mass is 35.5. The van der Waals surface area contributed by atoms with Gasteiger partial charge in [-0.1, -0.05) is 18.5 Å². The van der Waals surface area contributed by atoms with Gasteiger partial charge in [0.2, 0.25) is 0 Å². The van der Waals surface area contributed by atoms with Crippen LogP contribution in [0.2, 0.25) is 5.15 Å². The Balaban J connectivity index is 3.04. The minimum atomic E-state index is -0.447. The van der Waals surface area contributed by atoms with E-state index in [4.69, 9.17) is 11.6 Å². The predicted octanol–water partition coefficient (Wildman–Crippen LogP) is 1.50. The Morgan fingerprint density at radius 1 is 1.60 bits per heavy atom. The van der Waals surface area contributed by atoms with E-state index in [2.05, 4.69) is 4.98 Å². The Morgan fingerprint density at radius 3 is 2.80 bits per heavy atom. The summed E-state index contributed by atoms with van der Waals surface area (Å²) in [5.74, 6) is 1.70. The van der Waals surface area contributed by atoms with Crippen molar-refractivity contribution in [2.75, 3.05) is 11.5 Å². The summed E-state index contributed by atoms with van der Waals surface area (Å²) in [6, 6.07) is 1.10. The summed E-state index contributed by atoms with van der Waals surface area (Å²) in [5, 5.41) is 0.0802. The fourth-order valence-corrected chi connectivity index (χ4v) is 2.16. The summed E-state index contributed by atoms with van der Waals surface area (Å²) in [6.07, 6.45) is 0. The van der Waals surface area contributed by atoms with Gasteiger partial charge in [0.25, 0.3) is 5.56 Å². The standard InChI is InChI=1S/C9H13ClN2O2S/c1-3-15-5-6(2)12-8(13)4-7(10)11-9(12)14/h4,6H,3,5H2,1-2H3,(H,11,14). The zero-order chi connectivity index (χ0) is 11.4. The van der Waals surface area contributed by atoms with Crippen molar-refractivity contribution in [2.45, 2.75) is 19.9 Å². The van der Waals surface area contributed by atoms with Crippen LogP contribution < -0.4 is 11.2 Å². The van der Waals surface area contributed by atoms with Crippen molar-refractivity contribution >= 4 is 23.4 Å². The van der Waals surface area contributed by atoms with Gasteiger partial charge in [0.05, 0.1) is 0 Å². The predicted molar refractivity (Wildman–Crippen MR) is 64.0 cm³/mol. The monoisotopic (exact) mass is 248 g/mol.